The van der Waals surface area contributed by atoms with E-state index in [-0.39, 0.29) is 0 Å². The van der Waals surface area contributed by atoms with E-state index >= 15 is 0 Å². The Bertz CT molecular complexity index is 206. The van der Waals surface area contributed by atoms with Crippen LogP contribution in [0.4, 0.5) is 0 Å². The Morgan fingerprint density at radius 2 is 2.00 bits per heavy atom. The lowest BCUT2D eigenvalue weighted by Crippen LogP contribution is -2.54. The van der Waals surface area contributed by atoms with E-state index in [1.165, 1.54) is 0 Å². The van der Waals surface area contributed by atoms with E-state index < -0.39 is 11.5 Å². The minimum atomic E-state index is -0.697. The molecule has 1 aliphatic heterocycles. The molecule has 0 spiro atoms. The van der Waals surface area contributed by atoms with Crippen LogP contribution in [0.1, 0.15) is 33.1 Å². The lowest BCUT2D eigenvalue weighted by atomic mass is 9.88. The molecule has 4 heteroatoms. The number of aliphatic carboxylic acids is 1. The Kier molecular flexibility index (Phi) is 4.54. The number of ether oxygens (including phenoxy) is 1. The lowest BCUT2D eigenvalue weighted by Gasteiger charge is -2.38. The largest absolute Gasteiger partial charge is 0.480 e. The first-order valence-electron chi connectivity index (χ1n) is 5.73. The molecule has 1 atom stereocenters. The average molecular weight is 215 g/mol. The summed E-state index contributed by atoms with van der Waals surface area (Å²) in [6.45, 7) is 6.84. The van der Waals surface area contributed by atoms with Crippen molar-refractivity contribution in [3.8, 4) is 0 Å². The number of likely N-dealkylation sites (N-methyl/N-ethyl adjacent to an activating group) is 1. The number of carbonyl (C=O) groups is 1. The van der Waals surface area contributed by atoms with Crippen LogP contribution >= 0.6 is 0 Å². The predicted octanol–water partition coefficient (Wildman–Crippen LogP) is 1.35. The average Bonchev–Trinajstić information content (AvgIpc) is 2.46. The minimum absolute atomic E-state index is 0.558. The zero-order valence-electron chi connectivity index (χ0n) is 9.66. The van der Waals surface area contributed by atoms with Gasteiger partial charge in [0.2, 0.25) is 0 Å². The molecule has 0 saturated carbocycles. The quantitative estimate of drug-likeness (QED) is 0.769. The Labute approximate surface area is 91.2 Å². The molecular weight excluding hydrogens is 194 g/mol. The van der Waals surface area contributed by atoms with Gasteiger partial charge in [-0.25, -0.2) is 0 Å². The molecular formula is C11H21NO3. The standard InChI is InChI=1S/C11H21NO3/c1-3-12(4-2)11(10(13)14)6-5-8-15-9-7-11/h3-9H2,1-2H3,(H,13,14). The Morgan fingerprint density at radius 1 is 1.33 bits per heavy atom. The van der Waals surface area contributed by atoms with Gasteiger partial charge in [-0.1, -0.05) is 13.8 Å². The van der Waals surface area contributed by atoms with Crippen molar-refractivity contribution in [3.63, 3.8) is 0 Å². The van der Waals surface area contributed by atoms with Crippen LogP contribution in [0.5, 0.6) is 0 Å². The molecule has 1 rings (SSSR count). The van der Waals surface area contributed by atoms with Crippen molar-refractivity contribution in [1.29, 1.82) is 0 Å². The summed E-state index contributed by atoms with van der Waals surface area (Å²) in [6.07, 6.45) is 2.14. The molecule has 0 aromatic rings. The second-order valence-electron chi connectivity index (χ2n) is 3.97. The van der Waals surface area contributed by atoms with Gasteiger partial charge in [0.25, 0.3) is 0 Å². The normalized spacial score (nSPS) is 27.7. The first-order chi connectivity index (χ1) is 7.17. The van der Waals surface area contributed by atoms with E-state index in [4.69, 9.17) is 4.74 Å². The second kappa shape index (κ2) is 5.47. The van der Waals surface area contributed by atoms with Crippen molar-refractivity contribution in [2.24, 2.45) is 0 Å². The monoisotopic (exact) mass is 215 g/mol. The van der Waals surface area contributed by atoms with Gasteiger partial charge in [0.1, 0.15) is 5.54 Å². The highest BCUT2D eigenvalue weighted by molar-refractivity contribution is 5.78. The van der Waals surface area contributed by atoms with Crippen molar-refractivity contribution < 1.29 is 14.6 Å². The van der Waals surface area contributed by atoms with Gasteiger partial charge < -0.3 is 9.84 Å². The van der Waals surface area contributed by atoms with Crippen molar-refractivity contribution in [2.75, 3.05) is 26.3 Å². The fourth-order valence-electron chi connectivity index (χ4n) is 2.43. The SMILES string of the molecule is CCN(CC)C1(C(=O)O)CCCOCC1. The zero-order chi connectivity index (χ0) is 11.3. The van der Waals surface area contributed by atoms with Gasteiger partial charge >= 0.3 is 5.97 Å². The molecule has 0 aromatic carbocycles. The van der Waals surface area contributed by atoms with Crippen LogP contribution in [0.25, 0.3) is 0 Å². The van der Waals surface area contributed by atoms with E-state index in [2.05, 4.69) is 0 Å². The van der Waals surface area contributed by atoms with Gasteiger partial charge in [-0.3, -0.25) is 9.69 Å². The van der Waals surface area contributed by atoms with Gasteiger partial charge in [-0.15, -0.1) is 0 Å². The van der Waals surface area contributed by atoms with E-state index in [1.807, 2.05) is 18.7 Å². The third-order valence-electron chi connectivity index (χ3n) is 3.31. The summed E-state index contributed by atoms with van der Waals surface area (Å²) in [4.78, 5) is 13.5. The number of hydrogen-bond acceptors (Lipinski definition) is 3. The highest BCUT2D eigenvalue weighted by Crippen LogP contribution is 2.28. The summed E-state index contributed by atoms with van der Waals surface area (Å²) in [5, 5.41) is 9.45. The van der Waals surface area contributed by atoms with Crippen LogP contribution in [0.3, 0.4) is 0 Å². The van der Waals surface area contributed by atoms with Crippen LogP contribution in [0, 0.1) is 0 Å². The topological polar surface area (TPSA) is 49.8 Å². The zero-order valence-corrected chi connectivity index (χ0v) is 9.66. The molecule has 4 nitrogen and oxygen atoms in total. The number of hydrogen-bond donors (Lipinski definition) is 1. The number of nitrogens with zero attached hydrogens (tertiary/aromatic N) is 1. The van der Waals surface area contributed by atoms with Crippen LogP contribution in [0.15, 0.2) is 0 Å². The van der Waals surface area contributed by atoms with Crippen LogP contribution in [0.2, 0.25) is 0 Å². The number of rotatable bonds is 4. The van der Waals surface area contributed by atoms with E-state index in [0.29, 0.717) is 26.1 Å². The van der Waals surface area contributed by atoms with Gasteiger partial charge in [0.15, 0.2) is 0 Å². The first-order valence-corrected chi connectivity index (χ1v) is 5.73. The molecule has 88 valence electrons. The number of carboxylic acids is 1. The highest BCUT2D eigenvalue weighted by atomic mass is 16.5. The molecule has 1 unspecified atom stereocenters. The molecule has 1 saturated heterocycles. The van der Waals surface area contributed by atoms with E-state index in [0.717, 1.165) is 19.5 Å². The lowest BCUT2D eigenvalue weighted by molar-refractivity contribution is -0.152. The van der Waals surface area contributed by atoms with Crippen molar-refractivity contribution in [2.45, 2.75) is 38.6 Å². The fraction of sp³-hybridized carbons (Fsp3) is 0.909. The number of carboxylic acid groups (broad SMARTS) is 1. The van der Waals surface area contributed by atoms with Crippen molar-refractivity contribution in [3.05, 3.63) is 0 Å². The maximum atomic E-state index is 11.5. The summed E-state index contributed by atoms with van der Waals surface area (Å²) < 4.78 is 5.35. The fourth-order valence-corrected chi connectivity index (χ4v) is 2.43. The van der Waals surface area contributed by atoms with Crippen molar-refractivity contribution in [1.82, 2.24) is 4.90 Å². The van der Waals surface area contributed by atoms with E-state index in [1.54, 1.807) is 0 Å². The van der Waals surface area contributed by atoms with Crippen LogP contribution in [-0.4, -0.2) is 47.8 Å². The smallest absolute Gasteiger partial charge is 0.324 e. The molecule has 0 aliphatic carbocycles. The van der Waals surface area contributed by atoms with Gasteiger partial charge in [-0.2, -0.15) is 0 Å². The summed E-state index contributed by atoms with van der Waals surface area (Å²) >= 11 is 0. The third-order valence-corrected chi connectivity index (χ3v) is 3.31. The highest BCUT2D eigenvalue weighted by Gasteiger charge is 2.43. The Morgan fingerprint density at radius 3 is 2.53 bits per heavy atom. The molecule has 1 N–H and O–H groups in total. The van der Waals surface area contributed by atoms with Gasteiger partial charge in [0, 0.05) is 13.2 Å². The molecule has 1 heterocycles. The molecule has 0 radical (unpaired) electrons. The molecule has 0 bridgehead atoms. The molecule has 1 fully saturated rings. The summed E-state index contributed by atoms with van der Waals surface area (Å²) in [5.74, 6) is -0.697. The molecule has 15 heavy (non-hydrogen) atoms. The maximum absolute atomic E-state index is 11.5. The minimum Gasteiger partial charge on any atom is -0.480 e. The summed E-state index contributed by atoms with van der Waals surface area (Å²) in [7, 11) is 0. The Hall–Kier alpha value is -0.610. The molecule has 0 amide bonds. The molecule has 0 aromatic heterocycles. The predicted molar refractivity (Wildman–Crippen MR) is 58.0 cm³/mol. The van der Waals surface area contributed by atoms with Gasteiger partial charge in [0.05, 0.1) is 0 Å². The third kappa shape index (κ3) is 2.49. The summed E-state index contributed by atoms with van der Waals surface area (Å²) in [5.41, 5.74) is -0.694. The van der Waals surface area contributed by atoms with Crippen LogP contribution < -0.4 is 0 Å². The van der Waals surface area contributed by atoms with Crippen molar-refractivity contribution >= 4 is 5.97 Å². The van der Waals surface area contributed by atoms with Gasteiger partial charge in [-0.05, 0) is 32.4 Å². The maximum Gasteiger partial charge on any atom is 0.324 e. The second-order valence-corrected chi connectivity index (χ2v) is 3.97. The first kappa shape index (κ1) is 12.5. The van der Waals surface area contributed by atoms with Crippen LogP contribution in [-0.2, 0) is 9.53 Å². The summed E-state index contributed by atoms with van der Waals surface area (Å²) in [6, 6.07) is 0. The van der Waals surface area contributed by atoms with E-state index in [9.17, 15) is 9.90 Å². The molecule has 1 aliphatic rings. The Balaban J connectivity index is 2.88.